The molecule has 1 aliphatic heterocycles. The SMILES string of the molecule is C=CCCNC(=O)c1ccc2c(c1)CCN2. The number of amides is 1. The van der Waals surface area contributed by atoms with Crippen molar-refractivity contribution < 1.29 is 4.79 Å². The van der Waals surface area contributed by atoms with Gasteiger partial charge in [-0.2, -0.15) is 0 Å². The van der Waals surface area contributed by atoms with Crippen molar-refractivity contribution in [2.45, 2.75) is 12.8 Å². The number of carbonyl (C=O) groups is 1. The number of anilines is 1. The summed E-state index contributed by atoms with van der Waals surface area (Å²) in [4.78, 5) is 11.8. The molecule has 1 aromatic carbocycles. The second kappa shape index (κ2) is 4.84. The summed E-state index contributed by atoms with van der Waals surface area (Å²) < 4.78 is 0. The predicted octanol–water partition coefficient (Wildman–Crippen LogP) is 1.96. The number of nitrogens with one attached hydrogen (secondary N) is 2. The Hall–Kier alpha value is -1.77. The van der Waals surface area contributed by atoms with E-state index in [2.05, 4.69) is 17.2 Å². The first-order valence-electron chi connectivity index (χ1n) is 5.57. The van der Waals surface area contributed by atoms with Crippen LogP contribution in [0.1, 0.15) is 22.3 Å². The number of benzene rings is 1. The van der Waals surface area contributed by atoms with Crippen LogP contribution in [0.3, 0.4) is 0 Å². The molecule has 2 rings (SSSR count). The first-order chi connectivity index (χ1) is 7.81. The summed E-state index contributed by atoms with van der Waals surface area (Å²) >= 11 is 0. The van der Waals surface area contributed by atoms with Gasteiger partial charge in [0, 0.05) is 24.3 Å². The Labute approximate surface area is 95.6 Å². The van der Waals surface area contributed by atoms with Crippen molar-refractivity contribution in [2.24, 2.45) is 0 Å². The molecule has 2 N–H and O–H groups in total. The average molecular weight is 216 g/mol. The highest BCUT2D eigenvalue weighted by Crippen LogP contribution is 2.22. The molecule has 0 saturated carbocycles. The molecule has 1 heterocycles. The van der Waals surface area contributed by atoms with Gasteiger partial charge in [0.1, 0.15) is 0 Å². The Morgan fingerprint density at radius 3 is 3.25 bits per heavy atom. The Morgan fingerprint density at radius 1 is 1.56 bits per heavy atom. The van der Waals surface area contributed by atoms with Crippen LogP contribution < -0.4 is 10.6 Å². The van der Waals surface area contributed by atoms with Crippen molar-refractivity contribution in [1.29, 1.82) is 0 Å². The summed E-state index contributed by atoms with van der Waals surface area (Å²) in [6, 6.07) is 5.81. The van der Waals surface area contributed by atoms with E-state index in [1.165, 1.54) is 5.56 Å². The third-order valence-corrected chi connectivity index (χ3v) is 2.71. The molecule has 0 aliphatic carbocycles. The van der Waals surface area contributed by atoms with Gasteiger partial charge in [-0.05, 0) is 36.6 Å². The summed E-state index contributed by atoms with van der Waals surface area (Å²) in [5, 5.41) is 6.13. The lowest BCUT2D eigenvalue weighted by Crippen LogP contribution is -2.24. The van der Waals surface area contributed by atoms with E-state index < -0.39 is 0 Å². The molecular weight excluding hydrogens is 200 g/mol. The van der Waals surface area contributed by atoms with E-state index in [1.54, 1.807) is 6.08 Å². The lowest BCUT2D eigenvalue weighted by Gasteiger charge is -2.05. The number of rotatable bonds is 4. The molecule has 84 valence electrons. The van der Waals surface area contributed by atoms with E-state index in [-0.39, 0.29) is 5.91 Å². The fourth-order valence-corrected chi connectivity index (χ4v) is 1.84. The second-order valence-electron chi connectivity index (χ2n) is 3.88. The van der Waals surface area contributed by atoms with Crippen LogP contribution in [-0.4, -0.2) is 19.0 Å². The minimum Gasteiger partial charge on any atom is -0.384 e. The van der Waals surface area contributed by atoms with Gasteiger partial charge in [0.05, 0.1) is 0 Å². The van der Waals surface area contributed by atoms with Crippen LogP contribution in [0.2, 0.25) is 0 Å². The standard InChI is InChI=1S/C13H16N2O/c1-2-3-7-15-13(16)11-4-5-12-10(9-11)6-8-14-12/h2,4-5,9,14H,1,3,6-8H2,(H,15,16). The predicted molar refractivity (Wildman–Crippen MR) is 65.8 cm³/mol. The van der Waals surface area contributed by atoms with Gasteiger partial charge >= 0.3 is 0 Å². The summed E-state index contributed by atoms with van der Waals surface area (Å²) in [5.41, 5.74) is 3.13. The molecule has 1 aromatic rings. The zero-order valence-electron chi connectivity index (χ0n) is 9.25. The highest BCUT2D eigenvalue weighted by atomic mass is 16.1. The summed E-state index contributed by atoms with van der Waals surface area (Å²) in [6.45, 7) is 5.24. The maximum Gasteiger partial charge on any atom is 0.251 e. The second-order valence-corrected chi connectivity index (χ2v) is 3.88. The topological polar surface area (TPSA) is 41.1 Å². The fraction of sp³-hybridized carbons (Fsp3) is 0.308. The molecule has 0 aromatic heterocycles. The Kier molecular flexibility index (Phi) is 3.25. The average Bonchev–Trinajstić information content (AvgIpc) is 2.76. The highest BCUT2D eigenvalue weighted by Gasteiger charge is 2.12. The van der Waals surface area contributed by atoms with E-state index in [4.69, 9.17) is 0 Å². The van der Waals surface area contributed by atoms with Crippen molar-refractivity contribution in [3.63, 3.8) is 0 Å². The van der Waals surface area contributed by atoms with Gasteiger partial charge < -0.3 is 10.6 Å². The first-order valence-corrected chi connectivity index (χ1v) is 5.57. The minimum absolute atomic E-state index is 0.00319. The number of fused-ring (bicyclic) bond motifs is 1. The van der Waals surface area contributed by atoms with Crippen LogP contribution in [0, 0.1) is 0 Å². The third-order valence-electron chi connectivity index (χ3n) is 2.71. The van der Waals surface area contributed by atoms with Gasteiger partial charge in [0.25, 0.3) is 5.91 Å². The van der Waals surface area contributed by atoms with Gasteiger partial charge in [0.2, 0.25) is 0 Å². The molecule has 1 aliphatic rings. The molecule has 0 fully saturated rings. The van der Waals surface area contributed by atoms with Crippen LogP contribution in [-0.2, 0) is 6.42 Å². The Morgan fingerprint density at radius 2 is 2.44 bits per heavy atom. The number of carbonyl (C=O) groups excluding carboxylic acids is 1. The normalized spacial score (nSPS) is 12.8. The maximum absolute atomic E-state index is 11.8. The largest absolute Gasteiger partial charge is 0.384 e. The van der Waals surface area contributed by atoms with Gasteiger partial charge in [-0.3, -0.25) is 4.79 Å². The fourth-order valence-electron chi connectivity index (χ4n) is 1.84. The summed E-state index contributed by atoms with van der Waals surface area (Å²) in [6.07, 6.45) is 3.61. The lowest BCUT2D eigenvalue weighted by atomic mass is 10.1. The van der Waals surface area contributed by atoms with Crippen molar-refractivity contribution in [2.75, 3.05) is 18.4 Å². The van der Waals surface area contributed by atoms with E-state index in [1.807, 2.05) is 18.2 Å². The zero-order chi connectivity index (χ0) is 11.4. The molecule has 0 radical (unpaired) electrons. The number of hydrogen-bond donors (Lipinski definition) is 2. The molecule has 0 atom stereocenters. The first kappa shape index (κ1) is 10.7. The monoisotopic (exact) mass is 216 g/mol. The van der Waals surface area contributed by atoms with Gasteiger partial charge in [0.15, 0.2) is 0 Å². The molecule has 1 amide bonds. The van der Waals surface area contributed by atoms with Crippen molar-refractivity contribution in [3.8, 4) is 0 Å². The molecule has 3 nitrogen and oxygen atoms in total. The van der Waals surface area contributed by atoms with Crippen molar-refractivity contribution in [3.05, 3.63) is 42.0 Å². The lowest BCUT2D eigenvalue weighted by molar-refractivity contribution is 0.0954. The van der Waals surface area contributed by atoms with Crippen LogP contribution >= 0.6 is 0 Å². The van der Waals surface area contributed by atoms with Crippen molar-refractivity contribution in [1.82, 2.24) is 5.32 Å². The Balaban J connectivity index is 2.03. The molecule has 0 bridgehead atoms. The smallest absolute Gasteiger partial charge is 0.251 e. The molecular formula is C13H16N2O. The van der Waals surface area contributed by atoms with E-state index >= 15 is 0 Å². The van der Waals surface area contributed by atoms with Crippen molar-refractivity contribution >= 4 is 11.6 Å². The van der Waals surface area contributed by atoms with Crippen LogP contribution in [0.5, 0.6) is 0 Å². The van der Waals surface area contributed by atoms with Gasteiger partial charge in [-0.1, -0.05) is 6.08 Å². The summed E-state index contributed by atoms with van der Waals surface area (Å²) in [5.74, 6) is -0.00319. The zero-order valence-corrected chi connectivity index (χ0v) is 9.25. The number of hydrogen-bond acceptors (Lipinski definition) is 2. The van der Waals surface area contributed by atoms with Gasteiger partial charge in [-0.25, -0.2) is 0 Å². The van der Waals surface area contributed by atoms with Crippen LogP contribution in [0.15, 0.2) is 30.9 Å². The van der Waals surface area contributed by atoms with Gasteiger partial charge in [-0.15, -0.1) is 6.58 Å². The van der Waals surface area contributed by atoms with Crippen LogP contribution in [0.4, 0.5) is 5.69 Å². The quantitative estimate of drug-likeness (QED) is 0.596. The molecule has 0 spiro atoms. The highest BCUT2D eigenvalue weighted by molar-refractivity contribution is 5.95. The Bertz CT molecular complexity index is 412. The molecule has 16 heavy (non-hydrogen) atoms. The molecule has 0 saturated heterocycles. The minimum atomic E-state index is -0.00319. The maximum atomic E-state index is 11.8. The van der Waals surface area contributed by atoms with E-state index in [0.29, 0.717) is 6.54 Å². The third kappa shape index (κ3) is 2.24. The van der Waals surface area contributed by atoms with E-state index in [0.717, 1.165) is 30.6 Å². The molecule has 0 unspecified atom stereocenters. The molecule has 3 heteroatoms. The van der Waals surface area contributed by atoms with E-state index in [9.17, 15) is 4.79 Å². The summed E-state index contributed by atoms with van der Waals surface area (Å²) in [7, 11) is 0. The van der Waals surface area contributed by atoms with Crippen LogP contribution in [0.25, 0.3) is 0 Å².